The molecule has 1 aromatic carbocycles. The van der Waals surface area contributed by atoms with Crippen molar-refractivity contribution in [2.45, 2.75) is 25.7 Å². The van der Waals surface area contributed by atoms with Gasteiger partial charge in [0.05, 0.1) is 11.2 Å². The molecule has 0 radical (unpaired) electrons. The van der Waals surface area contributed by atoms with Crippen molar-refractivity contribution < 1.29 is 13.2 Å². The average Bonchev–Trinajstić information content (AvgIpc) is 2.60. The van der Waals surface area contributed by atoms with Gasteiger partial charge in [0.15, 0.2) is 0 Å². The van der Waals surface area contributed by atoms with Crippen LogP contribution in [-0.2, 0) is 25.7 Å². The Bertz CT molecular complexity index is 924. The van der Waals surface area contributed by atoms with Crippen LogP contribution in [0, 0.1) is 0 Å². The van der Waals surface area contributed by atoms with E-state index in [2.05, 4.69) is 25.9 Å². The van der Waals surface area contributed by atoms with Crippen molar-refractivity contribution in [3.8, 4) is 0 Å². The molecule has 0 atom stereocenters. The molecule has 0 bridgehead atoms. The first-order chi connectivity index (χ1) is 12.0. The fraction of sp³-hybridized carbons (Fsp3) is 0.278. The third-order valence-electron chi connectivity index (χ3n) is 4.32. The third-order valence-corrected chi connectivity index (χ3v) is 4.32. The molecule has 0 unspecified atom stereocenters. The number of halogens is 3. The van der Waals surface area contributed by atoms with Gasteiger partial charge in [-0.25, -0.2) is 9.97 Å². The largest absolute Gasteiger partial charge is 0.451 e. The van der Waals surface area contributed by atoms with Crippen molar-refractivity contribution in [3.05, 3.63) is 65.4 Å². The zero-order valence-corrected chi connectivity index (χ0v) is 13.3. The molecule has 0 fully saturated rings. The summed E-state index contributed by atoms with van der Waals surface area (Å²) in [4.78, 5) is 13.8. The molecule has 25 heavy (non-hydrogen) atoms. The minimum Gasteiger partial charge on any atom is -0.294 e. The Morgan fingerprint density at radius 3 is 2.76 bits per heavy atom. The highest BCUT2D eigenvalue weighted by molar-refractivity contribution is 5.78. The predicted molar refractivity (Wildman–Crippen MR) is 86.6 cm³/mol. The molecule has 7 heteroatoms. The molecule has 0 spiro atoms. The van der Waals surface area contributed by atoms with Crippen LogP contribution in [-0.4, -0.2) is 26.4 Å². The standard InChI is InChI=1S/C18H15F3N4/c19-18(20,21)17-23-9-14-11-25(6-5-16(14)24-17)10-12-7-13-3-1-2-4-15(13)22-8-12/h1-4,7-9H,5-6,10-11H2. The monoisotopic (exact) mass is 344 g/mol. The zero-order chi connectivity index (χ0) is 17.4. The minimum absolute atomic E-state index is 0.488. The number of pyridine rings is 1. The van der Waals surface area contributed by atoms with Crippen LogP contribution in [0.2, 0.25) is 0 Å². The van der Waals surface area contributed by atoms with E-state index in [9.17, 15) is 13.2 Å². The smallest absolute Gasteiger partial charge is 0.294 e. The van der Waals surface area contributed by atoms with Gasteiger partial charge in [-0.05, 0) is 17.7 Å². The second kappa shape index (κ2) is 6.07. The first-order valence-electron chi connectivity index (χ1n) is 7.97. The van der Waals surface area contributed by atoms with E-state index < -0.39 is 12.0 Å². The minimum atomic E-state index is -4.50. The van der Waals surface area contributed by atoms with E-state index in [-0.39, 0.29) is 0 Å². The van der Waals surface area contributed by atoms with Crippen LogP contribution < -0.4 is 0 Å². The van der Waals surface area contributed by atoms with Gasteiger partial charge in [-0.1, -0.05) is 18.2 Å². The maximum Gasteiger partial charge on any atom is 0.451 e. The van der Waals surface area contributed by atoms with E-state index in [1.165, 1.54) is 6.20 Å². The van der Waals surface area contributed by atoms with Crippen LogP contribution >= 0.6 is 0 Å². The molecule has 2 aromatic heterocycles. The summed E-state index contributed by atoms with van der Waals surface area (Å²) in [7, 11) is 0. The molecule has 3 aromatic rings. The van der Waals surface area contributed by atoms with Crippen molar-refractivity contribution >= 4 is 10.9 Å². The van der Waals surface area contributed by atoms with Gasteiger partial charge >= 0.3 is 6.18 Å². The van der Waals surface area contributed by atoms with E-state index in [4.69, 9.17) is 0 Å². The van der Waals surface area contributed by atoms with Crippen LogP contribution in [0.15, 0.2) is 42.7 Å². The Morgan fingerprint density at radius 1 is 1.08 bits per heavy atom. The molecule has 128 valence electrons. The van der Waals surface area contributed by atoms with Gasteiger partial charge in [0, 0.05) is 49.4 Å². The lowest BCUT2D eigenvalue weighted by atomic mass is 10.1. The number of fused-ring (bicyclic) bond motifs is 2. The average molecular weight is 344 g/mol. The summed E-state index contributed by atoms with van der Waals surface area (Å²) < 4.78 is 38.1. The van der Waals surface area contributed by atoms with E-state index in [0.29, 0.717) is 31.7 Å². The molecule has 0 saturated carbocycles. The maximum atomic E-state index is 12.7. The van der Waals surface area contributed by atoms with Gasteiger partial charge in [0.25, 0.3) is 0 Å². The molecule has 0 aliphatic carbocycles. The lowest BCUT2D eigenvalue weighted by molar-refractivity contribution is -0.145. The van der Waals surface area contributed by atoms with Gasteiger partial charge in [-0.15, -0.1) is 0 Å². The van der Waals surface area contributed by atoms with Crippen molar-refractivity contribution in [1.29, 1.82) is 0 Å². The van der Waals surface area contributed by atoms with Gasteiger partial charge in [0.2, 0.25) is 5.82 Å². The second-order valence-corrected chi connectivity index (χ2v) is 6.16. The van der Waals surface area contributed by atoms with Gasteiger partial charge in [-0.3, -0.25) is 9.88 Å². The van der Waals surface area contributed by atoms with E-state index in [0.717, 1.165) is 22.0 Å². The maximum absolute atomic E-state index is 12.7. The lowest BCUT2D eigenvalue weighted by Gasteiger charge is -2.28. The second-order valence-electron chi connectivity index (χ2n) is 6.16. The van der Waals surface area contributed by atoms with Crippen molar-refractivity contribution in [2.24, 2.45) is 0 Å². The van der Waals surface area contributed by atoms with Gasteiger partial charge in [0.1, 0.15) is 0 Å². The summed E-state index contributed by atoms with van der Waals surface area (Å²) in [5.41, 5.74) is 3.28. The molecule has 1 aliphatic rings. The van der Waals surface area contributed by atoms with Crippen molar-refractivity contribution in [1.82, 2.24) is 19.9 Å². The fourth-order valence-electron chi connectivity index (χ4n) is 3.11. The molecule has 0 amide bonds. The highest BCUT2D eigenvalue weighted by Crippen LogP contribution is 2.28. The Balaban J connectivity index is 1.52. The number of hydrogen-bond acceptors (Lipinski definition) is 4. The predicted octanol–water partition coefficient (Wildman–Crippen LogP) is 3.60. The molecule has 3 heterocycles. The normalized spacial score (nSPS) is 15.3. The van der Waals surface area contributed by atoms with Crippen LogP contribution in [0.1, 0.15) is 22.6 Å². The summed E-state index contributed by atoms with van der Waals surface area (Å²) in [5.74, 6) is -1.06. The molecule has 0 N–H and O–H groups in total. The van der Waals surface area contributed by atoms with Crippen LogP contribution in [0.3, 0.4) is 0 Å². The molecular formula is C18H15F3N4. The lowest BCUT2D eigenvalue weighted by Crippen LogP contribution is -2.31. The number of alkyl halides is 3. The molecule has 0 saturated heterocycles. The van der Waals surface area contributed by atoms with Gasteiger partial charge in [-0.2, -0.15) is 13.2 Å². The summed E-state index contributed by atoms with van der Waals surface area (Å²) in [6, 6.07) is 10.0. The zero-order valence-electron chi connectivity index (χ0n) is 13.3. The van der Waals surface area contributed by atoms with Crippen molar-refractivity contribution in [2.75, 3.05) is 6.54 Å². The highest BCUT2D eigenvalue weighted by atomic mass is 19.4. The van der Waals surface area contributed by atoms with E-state index in [1.807, 2.05) is 30.5 Å². The molecule has 4 rings (SSSR count). The quantitative estimate of drug-likeness (QED) is 0.712. The van der Waals surface area contributed by atoms with Crippen LogP contribution in [0.5, 0.6) is 0 Å². The van der Waals surface area contributed by atoms with Gasteiger partial charge < -0.3 is 0 Å². The Kier molecular flexibility index (Phi) is 3.88. The summed E-state index contributed by atoms with van der Waals surface area (Å²) in [6.07, 6.45) is -0.859. The topological polar surface area (TPSA) is 41.9 Å². The van der Waals surface area contributed by atoms with Crippen LogP contribution in [0.25, 0.3) is 10.9 Å². The fourth-order valence-corrected chi connectivity index (χ4v) is 3.11. The highest BCUT2D eigenvalue weighted by Gasteiger charge is 2.35. The number of nitrogens with zero attached hydrogens (tertiary/aromatic N) is 4. The third kappa shape index (κ3) is 3.32. The van der Waals surface area contributed by atoms with Crippen LogP contribution in [0.4, 0.5) is 13.2 Å². The summed E-state index contributed by atoms with van der Waals surface area (Å²) in [5, 5.41) is 1.08. The molecule has 4 nitrogen and oxygen atoms in total. The first kappa shape index (κ1) is 16.0. The number of aromatic nitrogens is 3. The Morgan fingerprint density at radius 2 is 1.92 bits per heavy atom. The van der Waals surface area contributed by atoms with E-state index >= 15 is 0 Å². The number of hydrogen-bond donors (Lipinski definition) is 0. The number of para-hydroxylation sites is 1. The Labute approximate surface area is 142 Å². The SMILES string of the molecule is FC(F)(F)c1ncc2c(n1)CCN(Cc1cnc3ccccc3c1)C2. The number of benzene rings is 1. The molecular weight excluding hydrogens is 329 g/mol. The summed E-state index contributed by atoms with van der Waals surface area (Å²) >= 11 is 0. The Hall–Kier alpha value is -2.54. The van der Waals surface area contributed by atoms with E-state index in [1.54, 1.807) is 0 Å². The summed E-state index contributed by atoms with van der Waals surface area (Å²) in [6.45, 7) is 1.90. The first-order valence-corrected chi connectivity index (χ1v) is 7.97. The van der Waals surface area contributed by atoms with Crippen molar-refractivity contribution in [3.63, 3.8) is 0 Å². The molecule has 1 aliphatic heterocycles. The number of rotatable bonds is 2.